The Kier molecular flexibility index (Phi) is 9.65. The largest absolute Gasteiger partial charge is 0.0654 e. The summed E-state index contributed by atoms with van der Waals surface area (Å²) in [5, 5.41) is 4.97. The fourth-order valence-corrected chi connectivity index (χ4v) is 6.30. The second-order valence-electron chi connectivity index (χ2n) is 9.56. The molecule has 4 aromatic rings. The number of aryl methyl sites for hydroxylation is 1. The van der Waals surface area contributed by atoms with Crippen LogP contribution in [0.4, 0.5) is 0 Å². The number of hydrogen-bond acceptors (Lipinski definition) is 0. The van der Waals surface area contributed by atoms with E-state index in [9.17, 15) is 0 Å². The van der Waals surface area contributed by atoms with Crippen LogP contribution in [0.2, 0.25) is 0 Å². The van der Waals surface area contributed by atoms with Crippen LogP contribution in [-0.2, 0) is 6.42 Å². The molecule has 0 saturated heterocycles. The topological polar surface area (TPSA) is 0 Å². The van der Waals surface area contributed by atoms with Crippen molar-refractivity contribution in [3.8, 4) is 11.1 Å². The van der Waals surface area contributed by atoms with Crippen molar-refractivity contribution < 1.29 is 0 Å². The van der Waals surface area contributed by atoms with Gasteiger partial charge in [0.2, 0.25) is 0 Å². The standard InChI is InChI=1S/C32H36Br2/c1-2-3-4-5-6-7-8-9-10-11-14-24-17-19-25(20-18-24)26-21-22-29-30(23-26)32(34)28-16-13-12-15-27(28)31(29)33/h12-13,15-23H,2-11,14H2,1H3. The lowest BCUT2D eigenvalue weighted by Gasteiger charge is -2.12. The highest BCUT2D eigenvalue weighted by Gasteiger charge is 2.11. The van der Waals surface area contributed by atoms with Crippen molar-refractivity contribution in [3.05, 3.63) is 81.2 Å². The summed E-state index contributed by atoms with van der Waals surface area (Å²) in [4.78, 5) is 0. The van der Waals surface area contributed by atoms with Crippen molar-refractivity contribution in [2.45, 2.75) is 77.6 Å². The number of hydrogen-bond donors (Lipinski definition) is 0. The molecule has 0 radical (unpaired) electrons. The van der Waals surface area contributed by atoms with E-state index in [1.807, 2.05) is 0 Å². The highest BCUT2D eigenvalue weighted by molar-refractivity contribution is 9.11. The van der Waals surface area contributed by atoms with Crippen molar-refractivity contribution in [3.63, 3.8) is 0 Å². The second kappa shape index (κ2) is 12.9. The molecule has 0 unspecified atom stereocenters. The minimum Gasteiger partial charge on any atom is -0.0654 e. The molecule has 178 valence electrons. The van der Waals surface area contributed by atoms with Gasteiger partial charge in [-0.2, -0.15) is 0 Å². The minimum absolute atomic E-state index is 1.17. The number of benzene rings is 4. The van der Waals surface area contributed by atoms with Crippen molar-refractivity contribution in [1.82, 2.24) is 0 Å². The normalized spacial score (nSPS) is 11.5. The third-order valence-electron chi connectivity index (χ3n) is 7.00. The summed E-state index contributed by atoms with van der Waals surface area (Å²) in [5.74, 6) is 0. The molecule has 0 heterocycles. The molecule has 0 aromatic heterocycles. The van der Waals surface area contributed by atoms with E-state index in [2.05, 4.69) is 106 Å². The molecule has 0 aliphatic heterocycles. The average molecular weight is 580 g/mol. The lowest BCUT2D eigenvalue weighted by atomic mass is 9.97. The van der Waals surface area contributed by atoms with Gasteiger partial charge in [-0.25, -0.2) is 0 Å². The first-order valence-corrected chi connectivity index (χ1v) is 14.7. The summed E-state index contributed by atoms with van der Waals surface area (Å²) < 4.78 is 2.33. The van der Waals surface area contributed by atoms with Gasteiger partial charge in [0, 0.05) is 8.95 Å². The lowest BCUT2D eigenvalue weighted by molar-refractivity contribution is 0.556. The Hall–Kier alpha value is -1.64. The van der Waals surface area contributed by atoms with E-state index in [0.29, 0.717) is 0 Å². The van der Waals surface area contributed by atoms with Crippen LogP contribution in [0, 0.1) is 0 Å². The smallest absolute Gasteiger partial charge is 0.0333 e. The van der Waals surface area contributed by atoms with Gasteiger partial charge in [-0.15, -0.1) is 0 Å². The maximum atomic E-state index is 3.88. The third-order valence-corrected chi connectivity index (χ3v) is 8.71. The number of halogens is 2. The van der Waals surface area contributed by atoms with E-state index in [1.54, 1.807) is 0 Å². The summed E-state index contributed by atoms with van der Waals surface area (Å²) in [6.07, 6.45) is 15.1. The fourth-order valence-electron chi connectivity index (χ4n) is 4.93. The molecule has 4 rings (SSSR count). The highest BCUT2D eigenvalue weighted by Crippen LogP contribution is 2.40. The van der Waals surface area contributed by atoms with Gasteiger partial charge >= 0.3 is 0 Å². The first-order valence-electron chi connectivity index (χ1n) is 13.1. The molecule has 0 saturated carbocycles. The number of fused-ring (bicyclic) bond motifs is 2. The van der Waals surface area contributed by atoms with Crippen LogP contribution in [0.3, 0.4) is 0 Å². The van der Waals surface area contributed by atoms with Crippen LogP contribution in [0.25, 0.3) is 32.7 Å². The maximum absolute atomic E-state index is 3.88. The van der Waals surface area contributed by atoms with Crippen molar-refractivity contribution in [2.75, 3.05) is 0 Å². The first kappa shape index (κ1) is 25.5. The number of unbranched alkanes of at least 4 members (excludes halogenated alkanes) is 9. The van der Waals surface area contributed by atoms with Gasteiger partial charge < -0.3 is 0 Å². The molecule has 0 aliphatic carbocycles. The Bertz CT molecular complexity index is 1210. The molecular formula is C32H36Br2. The Labute approximate surface area is 222 Å². The monoisotopic (exact) mass is 578 g/mol. The molecule has 0 aliphatic rings. The molecule has 0 fully saturated rings. The average Bonchev–Trinajstić information content (AvgIpc) is 2.88. The Morgan fingerprint density at radius 3 is 1.62 bits per heavy atom. The van der Waals surface area contributed by atoms with Crippen molar-refractivity contribution in [2.24, 2.45) is 0 Å². The molecule has 0 N–H and O–H groups in total. The molecule has 0 amide bonds. The summed E-state index contributed by atoms with van der Waals surface area (Å²) in [7, 11) is 0. The van der Waals surface area contributed by atoms with Gasteiger partial charge in [0.05, 0.1) is 0 Å². The summed E-state index contributed by atoms with van der Waals surface area (Å²) in [6, 6.07) is 24.6. The second-order valence-corrected chi connectivity index (χ2v) is 11.1. The molecule has 0 atom stereocenters. The van der Waals surface area contributed by atoms with Crippen LogP contribution >= 0.6 is 31.9 Å². The van der Waals surface area contributed by atoms with Gasteiger partial charge in [-0.05, 0) is 89.0 Å². The van der Waals surface area contributed by atoms with Crippen LogP contribution < -0.4 is 0 Å². The quantitative estimate of drug-likeness (QED) is 0.116. The molecule has 4 aromatic carbocycles. The summed E-state index contributed by atoms with van der Waals surface area (Å²) >= 11 is 7.72. The lowest BCUT2D eigenvalue weighted by Crippen LogP contribution is -1.88. The zero-order chi connectivity index (χ0) is 23.8. The molecule has 34 heavy (non-hydrogen) atoms. The Morgan fingerprint density at radius 2 is 1.00 bits per heavy atom. The van der Waals surface area contributed by atoms with E-state index < -0.39 is 0 Å². The van der Waals surface area contributed by atoms with Gasteiger partial charge in [0.1, 0.15) is 0 Å². The predicted octanol–water partition coefficient (Wildman–Crippen LogP) is 11.6. The first-order chi connectivity index (χ1) is 16.7. The molecule has 0 spiro atoms. The van der Waals surface area contributed by atoms with Gasteiger partial charge in [0.25, 0.3) is 0 Å². The highest BCUT2D eigenvalue weighted by atomic mass is 79.9. The van der Waals surface area contributed by atoms with Crippen molar-refractivity contribution >= 4 is 53.4 Å². The van der Waals surface area contributed by atoms with Crippen LogP contribution in [0.5, 0.6) is 0 Å². The van der Waals surface area contributed by atoms with E-state index in [4.69, 9.17) is 0 Å². The fraction of sp³-hybridized carbons (Fsp3) is 0.375. The third kappa shape index (κ3) is 6.32. The van der Waals surface area contributed by atoms with Crippen molar-refractivity contribution in [1.29, 1.82) is 0 Å². The van der Waals surface area contributed by atoms with E-state index in [-0.39, 0.29) is 0 Å². The predicted molar refractivity (Wildman–Crippen MR) is 158 cm³/mol. The summed E-state index contributed by atoms with van der Waals surface area (Å²) in [6.45, 7) is 2.29. The van der Waals surface area contributed by atoms with Crippen LogP contribution in [0.1, 0.15) is 76.7 Å². The SMILES string of the molecule is CCCCCCCCCCCCc1ccc(-c2ccc3c(Br)c4ccccc4c(Br)c3c2)cc1. The minimum atomic E-state index is 1.17. The van der Waals surface area contributed by atoms with Gasteiger partial charge in [-0.3, -0.25) is 0 Å². The Morgan fingerprint density at radius 1 is 0.500 bits per heavy atom. The Balaban J connectivity index is 1.33. The zero-order valence-electron chi connectivity index (χ0n) is 20.4. The molecule has 2 heteroatoms. The zero-order valence-corrected chi connectivity index (χ0v) is 23.6. The maximum Gasteiger partial charge on any atom is 0.0333 e. The van der Waals surface area contributed by atoms with Crippen LogP contribution in [-0.4, -0.2) is 0 Å². The molecule has 0 bridgehead atoms. The van der Waals surface area contributed by atoms with E-state index in [1.165, 1.54) is 118 Å². The molecular weight excluding hydrogens is 544 g/mol. The van der Waals surface area contributed by atoms with Gasteiger partial charge in [0.15, 0.2) is 0 Å². The molecule has 0 nitrogen and oxygen atoms in total. The van der Waals surface area contributed by atoms with Gasteiger partial charge in [-0.1, -0.05) is 125 Å². The van der Waals surface area contributed by atoms with E-state index >= 15 is 0 Å². The van der Waals surface area contributed by atoms with Crippen LogP contribution in [0.15, 0.2) is 75.7 Å². The number of rotatable bonds is 12. The van der Waals surface area contributed by atoms with E-state index in [0.717, 1.165) is 0 Å². The summed E-state index contributed by atoms with van der Waals surface area (Å²) in [5.41, 5.74) is 4.00.